The van der Waals surface area contributed by atoms with Crippen LogP contribution in [-0.4, -0.2) is 36.2 Å². The van der Waals surface area contributed by atoms with Gasteiger partial charge in [0.25, 0.3) is 5.91 Å². The van der Waals surface area contributed by atoms with Gasteiger partial charge in [-0.05, 0) is 24.6 Å². The molecule has 3 N–H and O–H groups in total. The topological polar surface area (TPSA) is 105 Å². The van der Waals surface area contributed by atoms with Crippen molar-refractivity contribution in [3.63, 3.8) is 0 Å². The second-order valence-electron chi connectivity index (χ2n) is 4.18. The Morgan fingerprint density at radius 2 is 2.05 bits per heavy atom. The second-order valence-corrected chi connectivity index (χ2v) is 5.10. The maximum Gasteiger partial charge on any atom is 0.329 e. The van der Waals surface area contributed by atoms with E-state index in [0.29, 0.717) is 0 Å². The van der Waals surface area contributed by atoms with E-state index in [1.54, 1.807) is 6.92 Å². The highest BCUT2D eigenvalue weighted by Gasteiger charge is 2.12. The first-order chi connectivity index (χ1) is 9.88. The van der Waals surface area contributed by atoms with Crippen LogP contribution in [0.5, 0.6) is 0 Å². The summed E-state index contributed by atoms with van der Waals surface area (Å²) in [5.41, 5.74) is 0.870. The monoisotopic (exact) mass is 358 g/mol. The number of carboxylic acid groups (broad SMARTS) is 1. The third-order valence-electron chi connectivity index (χ3n) is 2.41. The summed E-state index contributed by atoms with van der Waals surface area (Å²) in [6.07, 6.45) is 0. The van der Waals surface area contributed by atoms with Gasteiger partial charge in [0, 0.05) is 4.47 Å². The minimum absolute atomic E-state index is 0.296. The summed E-state index contributed by atoms with van der Waals surface area (Å²) in [6.45, 7) is 0.682. The first-order valence-corrected chi connectivity index (χ1v) is 6.83. The predicted octanol–water partition coefficient (Wildman–Crippen LogP) is 1.44. The Hall–Kier alpha value is -1.93. The number of hydrogen-bond acceptors (Lipinski definition) is 4. The maximum atomic E-state index is 11.6. The van der Waals surface area contributed by atoms with Crippen molar-refractivity contribution < 1.29 is 24.2 Å². The summed E-state index contributed by atoms with van der Waals surface area (Å²) >= 11 is 3.33. The van der Waals surface area contributed by atoms with E-state index >= 15 is 0 Å². The summed E-state index contributed by atoms with van der Waals surface area (Å²) < 4.78 is 5.45. The van der Waals surface area contributed by atoms with Crippen LogP contribution in [0.2, 0.25) is 0 Å². The molecule has 1 atom stereocenters. The second kappa shape index (κ2) is 8.38. The molecule has 0 saturated heterocycles. The molecule has 0 bridgehead atoms. The van der Waals surface area contributed by atoms with Crippen LogP contribution in [0, 0.1) is 0 Å². The number of amides is 3. The van der Waals surface area contributed by atoms with Crippen molar-refractivity contribution in [1.29, 1.82) is 0 Å². The predicted molar refractivity (Wildman–Crippen MR) is 77.7 cm³/mol. The van der Waals surface area contributed by atoms with Crippen LogP contribution in [0.25, 0.3) is 0 Å². The van der Waals surface area contributed by atoms with Crippen LogP contribution in [0.3, 0.4) is 0 Å². The molecule has 0 heterocycles. The average Bonchev–Trinajstić information content (AvgIpc) is 2.37. The fraction of sp³-hybridized carbons (Fsp3) is 0.308. The van der Waals surface area contributed by atoms with Crippen molar-refractivity contribution in [2.45, 2.75) is 13.0 Å². The number of imide groups is 1. The molecule has 0 aromatic heterocycles. The molecule has 114 valence electrons. The third-order valence-corrected chi connectivity index (χ3v) is 2.90. The van der Waals surface area contributed by atoms with Crippen LogP contribution >= 0.6 is 15.9 Å². The molecule has 0 fully saturated rings. The Balaban J connectivity index is 2.39. The molecule has 1 aromatic carbocycles. The molecule has 0 radical (unpaired) electrons. The summed E-state index contributed by atoms with van der Waals surface area (Å²) in [6, 6.07) is 6.41. The number of hydrogen-bond donors (Lipinski definition) is 3. The van der Waals surface area contributed by atoms with Crippen molar-refractivity contribution in [2.75, 3.05) is 13.2 Å². The lowest BCUT2D eigenvalue weighted by atomic mass is 10.1. The minimum atomic E-state index is -1.18. The first kappa shape index (κ1) is 17.1. The van der Waals surface area contributed by atoms with E-state index in [1.807, 2.05) is 24.3 Å². The SMILES string of the molecule is CC(NC(=O)NC(=O)COCC(=O)O)c1cccc(Br)c1. The molecule has 0 aliphatic carbocycles. The standard InChI is InChI=1S/C13H15BrN2O5/c1-8(9-3-2-4-10(14)5-9)15-13(20)16-11(17)6-21-7-12(18)19/h2-5,8H,6-7H2,1H3,(H,18,19)(H2,15,16,17,20). The lowest BCUT2D eigenvalue weighted by molar-refractivity contribution is -0.143. The lowest BCUT2D eigenvalue weighted by Crippen LogP contribution is -2.42. The number of carbonyl (C=O) groups is 3. The molecule has 0 saturated carbocycles. The number of halogens is 1. The van der Waals surface area contributed by atoms with E-state index in [0.717, 1.165) is 10.0 Å². The summed E-state index contributed by atoms with van der Waals surface area (Å²) in [5.74, 6) is -1.90. The Morgan fingerprint density at radius 1 is 1.33 bits per heavy atom. The number of carbonyl (C=O) groups excluding carboxylic acids is 2. The Morgan fingerprint density at radius 3 is 2.67 bits per heavy atom. The lowest BCUT2D eigenvalue weighted by Gasteiger charge is -2.14. The average molecular weight is 359 g/mol. The van der Waals surface area contributed by atoms with Gasteiger partial charge in [0.2, 0.25) is 0 Å². The Bertz CT molecular complexity index is 535. The number of carboxylic acids is 1. The van der Waals surface area contributed by atoms with Gasteiger partial charge in [-0.1, -0.05) is 28.1 Å². The zero-order chi connectivity index (χ0) is 15.8. The summed E-state index contributed by atoms with van der Waals surface area (Å²) in [4.78, 5) is 33.1. The van der Waals surface area contributed by atoms with Crippen molar-refractivity contribution in [3.8, 4) is 0 Å². The molecular weight excluding hydrogens is 344 g/mol. The van der Waals surface area contributed by atoms with Gasteiger partial charge >= 0.3 is 12.0 Å². The molecule has 3 amide bonds. The highest BCUT2D eigenvalue weighted by Crippen LogP contribution is 2.17. The molecule has 21 heavy (non-hydrogen) atoms. The van der Waals surface area contributed by atoms with Gasteiger partial charge in [0.15, 0.2) is 0 Å². The quantitative estimate of drug-likeness (QED) is 0.713. The van der Waals surface area contributed by atoms with E-state index in [2.05, 4.69) is 31.3 Å². The van der Waals surface area contributed by atoms with E-state index < -0.39 is 31.1 Å². The zero-order valence-corrected chi connectivity index (χ0v) is 12.8. The van der Waals surface area contributed by atoms with E-state index in [9.17, 15) is 14.4 Å². The van der Waals surface area contributed by atoms with Gasteiger partial charge in [-0.15, -0.1) is 0 Å². The largest absolute Gasteiger partial charge is 0.480 e. The van der Waals surface area contributed by atoms with Crippen LogP contribution in [0.1, 0.15) is 18.5 Å². The number of nitrogens with one attached hydrogen (secondary N) is 2. The molecule has 1 rings (SSSR count). The van der Waals surface area contributed by atoms with Gasteiger partial charge in [0.1, 0.15) is 13.2 Å². The molecule has 1 unspecified atom stereocenters. The molecule has 1 aromatic rings. The van der Waals surface area contributed by atoms with Gasteiger partial charge in [0.05, 0.1) is 6.04 Å². The molecule has 0 aliphatic heterocycles. The van der Waals surface area contributed by atoms with Crippen molar-refractivity contribution in [3.05, 3.63) is 34.3 Å². The summed E-state index contributed by atoms with van der Waals surface area (Å²) in [5, 5.41) is 13.0. The molecule has 0 aliphatic rings. The molecular formula is C13H15BrN2O5. The van der Waals surface area contributed by atoms with Crippen molar-refractivity contribution >= 4 is 33.8 Å². The fourth-order valence-corrected chi connectivity index (χ4v) is 1.90. The number of ether oxygens (including phenoxy) is 1. The van der Waals surface area contributed by atoms with Crippen molar-refractivity contribution in [2.24, 2.45) is 0 Å². The minimum Gasteiger partial charge on any atom is -0.480 e. The first-order valence-electron chi connectivity index (χ1n) is 6.04. The van der Waals surface area contributed by atoms with E-state index in [-0.39, 0.29) is 6.04 Å². The zero-order valence-electron chi connectivity index (χ0n) is 11.3. The van der Waals surface area contributed by atoms with Crippen LogP contribution in [0.15, 0.2) is 28.7 Å². The summed E-state index contributed by atoms with van der Waals surface area (Å²) in [7, 11) is 0. The number of rotatable bonds is 6. The van der Waals surface area contributed by atoms with Crippen molar-refractivity contribution in [1.82, 2.24) is 10.6 Å². The van der Waals surface area contributed by atoms with Crippen LogP contribution in [-0.2, 0) is 14.3 Å². The maximum absolute atomic E-state index is 11.6. The smallest absolute Gasteiger partial charge is 0.329 e. The van der Waals surface area contributed by atoms with E-state index in [4.69, 9.17) is 5.11 Å². The van der Waals surface area contributed by atoms with Crippen LogP contribution in [0.4, 0.5) is 4.79 Å². The Labute approximate surface area is 129 Å². The van der Waals surface area contributed by atoms with Gasteiger partial charge in [-0.25, -0.2) is 9.59 Å². The molecule has 0 spiro atoms. The number of benzene rings is 1. The number of aliphatic carboxylic acids is 1. The van der Waals surface area contributed by atoms with Gasteiger partial charge in [-0.2, -0.15) is 0 Å². The van der Waals surface area contributed by atoms with Gasteiger partial charge < -0.3 is 15.2 Å². The van der Waals surface area contributed by atoms with Crippen LogP contribution < -0.4 is 10.6 Å². The number of urea groups is 1. The van der Waals surface area contributed by atoms with Gasteiger partial charge in [-0.3, -0.25) is 10.1 Å². The normalized spacial score (nSPS) is 11.5. The Kier molecular flexibility index (Phi) is 6.83. The van der Waals surface area contributed by atoms with E-state index in [1.165, 1.54) is 0 Å². The molecule has 7 nitrogen and oxygen atoms in total. The third kappa shape index (κ3) is 6.87. The highest BCUT2D eigenvalue weighted by atomic mass is 79.9. The highest BCUT2D eigenvalue weighted by molar-refractivity contribution is 9.10. The molecule has 8 heteroatoms. The fourth-order valence-electron chi connectivity index (χ4n) is 1.49.